The summed E-state index contributed by atoms with van der Waals surface area (Å²) in [6.45, 7) is 2.20. The normalized spacial score (nSPS) is 11.2. The van der Waals surface area contributed by atoms with E-state index < -0.39 is 0 Å². The predicted octanol–water partition coefficient (Wildman–Crippen LogP) is -0.573. The molecular weight excluding hydrogens is 130 g/mol. The van der Waals surface area contributed by atoms with E-state index in [1.165, 1.54) is 17.8 Å². The third-order valence-electron chi connectivity index (χ3n) is 1.25. The van der Waals surface area contributed by atoms with Crippen LogP contribution in [0.15, 0.2) is 6.20 Å². The summed E-state index contributed by atoms with van der Waals surface area (Å²) in [6, 6.07) is 1.34. The standard InChI is InChI=1S/C5H11N3Si/c1-2-3-9-5-4-6-8-7-5/h4H,2-3,9H2,1H3,(H,6,7,8). The van der Waals surface area contributed by atoms with E-state index in [0.717, 1.165) is 0 Å². The van der Waals surface area contributed by atoms with E-state index in [1.807, 2.05) is 6.20 Å². The third-order valence-corrected chi connectivity index (χ3v) is 3.17. The maximum atomic E-state index is 3.91. The van der Waals surface area contributed by atoms with Gasteiger partial charge in [-0.25, -0.2) is 0 Å². The van der Waals surface area contributed by atoms with Gasteiger partial charge in [-0.15, -0.1) is 5.10 Å². The summed E-state index contributed by atoms with van der Waals surface area (Å²) in [5.41, 5.74) is 0. The molecule has 0 saturated carbocycles. The molecule has 0 radical (unpaired) electrons. The zero-order valence-electron chi connectivity index (χ0n) is 5.59. The van der Waals surface area contributed by atoms with E-state index in [0.29, 0.717) is 0 Å². The second-order valence-electron chi connectivity index (χ2n) is 2.07. The first-order valence-electron chi connectivity index (χ1n) is 3.29. The van der Waals surface area contributed by atoms with Crippen molar-refractivity contribution in [2.75, 3.05) is 0 Å². The van der Waals surface area contributed by atoms with Crippen molar-refractivity contribution >= 4 is 14.8 Å². The van der Waals surface area contributed by atoms with Crippen molar-refractivity contribution in [3.05, 3.63) is 6.20 Å². The SMILES string of the molecule is CCC[SiH2]c1c[nH]nn1. The lowest BCUT2D eigenvalue weighted by atomic mass is 10.6. The fraction of sp³-hybridized carbons (Fsp3) is 0.600. The average Bonchev–Trinajstić information content (AvgIpc) is 2.34. The van der Waals surface area contributed by atoms with Crippen LogP contribution in [0.1, 0.15) is 13.3 Å². The number of aromatic nitrogens is 3. The molecule has 0 spiro atoms. The quantitative estimate of drug-likeness (QED) is 0.573. The highest BCUT2D eigenvalue weighted by atomic mass is 28.2. The second kappa shape index (κ2) is 3.40. The molecule has 0 aromatic carbocycles. The van der Waals surface area contributed by atoms with Crippen molar-refractivity contribution < 1.29 is 0 Å². The Morgan fingerprint density at radius 2 is 2.67 bits per heavy atom. The number of nitrogens with zero attached hydrogens (tertiary/aromatic N) is 2. The largest absolute Gasteiger partial charge is 0.266 e. The molecule has 4 heteroatoms. The molecule has 0 aliphatic carbocycles. The fourth-order valence-corrected chi connectivity index (χ4v) is 1.83. The molecule has 1 rings (SSSR count). The molecule has 1 N–H and O–H groups in total. The highest BCUT2D eigenvalue weighted by Gasteiger charge is 1.92. The lowest BCUT2D eigenvalue weighted by Crippen LogP contribution is -2.13. The molecule has 9 heavy (non-hydrogen) atoms. The molecule has 0 saturated heterocycles. The zero-order valence-corrected chi connectivity index (χ0v) is 7.01. The van der Waals surface area contributed by atoms with E-state index in [1.54, 1.807) is 0 Å². The van der Waals surface area contributed by atoms with E-state index in [-0.39, 0.29) is 9.52 Å². The summed E-state index contributed by atoms with van der Waals surface area (Å²) in [6.07, 6.45) is 3.18. The van der Waals surface area contributed by atoms with Gasteiger partial charge in [0.15, 0.2) is 0 Å². The Hall–Kier alpha value is -0.643. The molecule has 0 atom stereocenters. The number of H-pyrrole nitrogens is 1. The molecular formula is C5H11N3Si. The van der Waals surface area contributed by atoms with Crippen molar-refractivity contribution in [1.29, 1.82) is 0 Å². The molecule has 0 amide bonds. The van der Waals surface area contributed by atoms with Gasteiger partial charge >= 0.3 is 0 Å². The maximum Gasteiger partial charge on any atom is 0.0831 e. The third kappa shape index (κ3) is 1.97. The van der Waals surface area contributed by atoms with Gasteiger partial charge in [-0.05, 0) is 0 Å². The monoisotopic (exact) mass is 141 g/mol. The minimum atomic E-state index is -0.0741. The summed E-state index contributed by atoms with van der Waals surface area (Å²) in [4.78, 5) is 0. The van der Waals surface area contributed by atoms with E-state index in [9.17, 15) is 0 Å². The average molecular weight is 141 g/mol. The molecule has 1 heterocycles. The highest BCUT2D eigenvalue weighted by Crippen LogP contribution is 1.82. The number of rotatable bonds is 3. The van der Waals surface area contributed by atoms with Crippen molar-refractivity contribution in [2.24, 2.45) is 0 Å². The zero-order chi connectivity index (χ0) is 6.53. The van der Waals surface area contributed by atoms with Crippen molar-refractivity contribution in [3.8, 4) is 0 Å². The topological polar surface area (TPSA) is 41.6 Å². The van der Waals surface area contributed by atoms with Crippen molar-refractivity contribution in [2.45, 2.75) is 19.4 Å². The van der Waals surface area contributed by atoms with Crippen LogP contribution >= 0.6 is 0 Å². The predicted molar refractivity (Wildman–Crippen MR) is 39.7 cm³/mol. The highest BCUT2D eigenvalue weighted by molar-refractivity contribution is 6.52. The van der Waals surface area contributed by atoms with Crippen LogP contribution in [0.25, 0.3) is 0 Å². The first-order chi connectivity index (χ1) is 4.43. The smallest absolute Gasteiger partial charge is 0.0831 e. The van der Waals surface area contributed by atoms with Gasteiger partial charge in [0.05, 0.1) is 14.8 Å². The summed E-state index contributed by atoms with van der Waals surface area (Å²) >= 11 is 0. The molecule has 1 aromatic heterocycles. The number of aromatic amines is 1. The van der Waals surface area contributed by atoms with E-state index in [4.69, 9.17) is 0 Å². The molecule has 0 bridgehead atoms. The molecule has 3 nitrogen and oxygen atoms in total. The van der Waals surface area contributed by atoms with Crippen LogP contribution in [0, 0.1) is 0 Å². The fourth-order valence-electron chi connectivity index (χ4n) is 0.705. The minimum absolute atomic E-state index is 0.0741. The van der Waals surface area contributed by atoms with Gasteiger partial charge in [-0.2, -0.15) is 0 Å². The van der Waals surface area contributed by atoms with Gasteiger partial charge in [0, 0.05) is 6.20 Å². The van der Waals surface area contributed by atoms with Gasteiger partial charge in [0.2, 0.25) is 0 Å². The van der Waals surface area contributed by atoms with Gasteiger partial charge in [0.1, 0.15) is 0 Å². The summed E-state index contributed by atoms with van der Waals surface area (Å²) in [5.74, 6) is 0. The molecule has 0 aliphatic rings. The van der Waals surface area contributed by atoms with Crippen LogP contribution in [0.5, 0.6) is 0 Å². The van der Waals surface area contributed by atoms with Crippen LogP contribution in [0.4, 0.5) is 0 Å². The maximum absolute atomic E-state index is 3.91. The van der Waals surface area contributed by atoms with E-state index >= 15 is 0 Å². The van der Waals surface area contributed by atoms with Crippen LogP contribution in [0.2, 0.25) is 6.04 Å². The van der Waals surface area contributed by atoms with Crippen molar-refractivity contribution in [3.63, 3.8) is 0 Å². The number of nitrogens with one attached hydrogen (secondary N) is 1. The lowest BCUT2D eigenvalue weighted by molar-refractivity contribution is 0.945. The molecule has 0 fully saturated rings. The lowest BCUT2D eigenvalue weighted by Gasteiger charge is -1.86. The Kier molecular flexibility index (Phi) is 2.44. The van der Waals surface area contributed by atoms with Gasteiger partial charge in [0.25, 0.3) is 0 Å². The van der Waals surface area contributed by atoms with Crippen LogP contribution in [-0.4, -0.2) is 24.9 Å². The van der Waals surface area contributed by atoms with Crippen molar-refractivity contribution in [1.82, 2.24) is 15.4 Å². The first-order valence-corrected chi connectivity index (χ1v) is 4.99. The summed E-state index contributed by atoms with van der Waals surface area (Å²) in [7, 11) is -0.0741. The molecule has 50 valence electrons. The Bertz CT molecular complexity index is 149. The van der Waals surface area contributed by atoms with E-state index in [2.05, 4.69) is 22.3 Å². The molecule has 0 aliphatic heterocycles. The first kappa shape index (κ1) is 6.48. The molecule has 1 aromatic rings. The minimum Gasteiger partial charge on any atom is -0.266 e. The van der Waals surface area contributed by atoms with Crippen LogP contribution in [-0.2, 0) is 0 Å². The van der Waals surface area contributed by atoms with Crippen LogP contribution < -0.4 is 5.32 Å². The van der Waals surface area contributed by atoms with Crippen LogP contribution in [0.3, 0.4) is 0 Å². The Morgan fingerprint density at radius 3 is 3.22 bits per heavy atom. The number of hydrogen-bond donors (Lipinski definition) is 1. The summed E-state index contributed by atoms with van der Waals surface area (Å²) < 4.78 is 0. The van der Waals surface area contributed by atoms with Gasteiger partial charge in [-0.1, -0.05) is 24.6 Å². The second-order valence-corrected chi connectivity index (χ2v) is 4.00. The van der Waals surface area contributed by atoms with Gasteiger partial charge in [-0.3, -0.25) is 5.10 Å². The Labute approximate surface area is 56.7 Å². The molecule has 0 unspecified atom stereocenters. The summed E-state index contributed by atoms with van der Waals surface area (Å²) in [5, 5.41) is 11.5. The number of hydrogen-bond acceptors (Lipinski definition) is 2. The van der Waals surface area contributed by atoms with Gasteiger partial charge < -0.3 is 0 Å². The Morgan fingerprint density at radius 1 is 1.78 bits per heavy atom. The Balaban J connectivity index is 2.30.